The number of piperidine rings is 1. The smallest absolute Gasteiger partial charge is 0.251 e. The number of rotatable bonds is 3. The lowest BCUT2D eigenvalue weighted by molar-refractivity contribution is -0.205. The Bertz CT molecular complexity index is 634. The van der Waals surface area contributed by atoms with Gasteiger partial charge in [0.15, 0.2) is 0 Å². The minimum Gasteiger partial charge on any atom is -0.336 e. The summed E-state index contributed by atoms with van der Waals surface area (Å²) in [5, 5.41) is 1.52. The Balaban J connectivity index is 1.66. The molecule has 0 radical (unpaired) electrons. The van der Waals surface area contributed by atoms with E-state index in [1.807, 2.05) is 22.7 Å². The van der Waals surface area contributed by atoms with Gasteiger partial charge in [-0.1, -0.05) is 0 Å². The van der Waals surface area contributed by atoms with Crippen LogP contribution in [0.15, 0.2) is 12.4 Å². The second-order valence-corrected chi connectivity index (χ2v) is 7.00. The Morgan fingerprint density at radius 3 is 2.75 bits per heavy atom. The summed E-state index contributed by atoms with van der Waals surface area (Å²) in [5.74, 6) is 0.669. The molecule has 4 rings (SSSR count). The number of aromatic nitrogens is 2. The molecule has 0 unspecified atom stereocenters. The predicted molar refractivity (Wildman–Crippen MR) is 85.4 cm³/mol. The molecular weight excluding hydrogens is 308 g/mol. The number of hydrogen-bond donors (Lipinski definition) is 0. The standard InChI is InChI=1S/C17H24N4O3/c1-19-10-8-18-16(19)15-13(17(23)20-9-2-3-11-24-20)6-7-14(22)21(15)12-4-5-12/h8,10,12-13,15H,2-7,9,11H2,1H3/t13-,15-/m0/s1. The van der Waals surface area contributed by atoms with Crippen molar-refractivity contribution in [3.05, 3.63) is 18.2 Å². The zero-order valence-corrected chi connectivity index (χ0v) is 14.1. The molecule has 3 fully saturated rings. The number of aryl methyl sites for hydroxylation is 1. The summed E-state index contributed by atoms with van der Waals surface area (Å²) in [6, 6.07) is -0.0196. The first-order chi connectivity index (χ1) is 11.7. The third kappa shape index (κ3) is 2.70. The molecule has 2 amide bonds. The molecule has 7 heteroatoms. The van der Waals surface area contributed by atoms with Gasteiger partial charge in [0.1, 0.15) is 11.9 Å². The molecule has 1 aliphatic carbocycles. The monoisotopic (exact) mass is 332 g/mol. The van der Waals surface area contributed by atoms with Crippen LogP contribution in [0, 0.1) is 5.92 Å². The van der Waals surface area contributed by atoms with E-state index in [2.05, 4.69) is 4.98 Å². The molecular formula is C17H24N4O3. The molecule has 0 N–H and O–H groups in total. The normalized spacial score (nSPS) is 28.3. The van der Waals surface area contributed by atoms with Crippen LogP contribution in [0.25, 0.3) is 0 Å². The summed E-state index contributed by atoms with van der Waals surface area (Å²) in [6.07, 6.45) is 8.61. The maximum Gasteiger partial charge on any atom is 0.251 e. The fourth-order valence-electron chi connectivity index (χ4n) is 3.88. The molecule has 2 atom stereocenters. The largest absolute Gasteiger partial charge is 0.336 e. The van der Waals surface area contributed by atoms with E-state index in [1.165, 1.54) is 5.06 Å². The van der Waals surface area contributed by atoms with Gasteiger partial charge in [0.05, 0.1) is 12.5 Å². The van der Waals surface area contributed by atoms with Crippen LogP contribution in [0.4, 0.5) is 0 Å². The lowest BCUT2D eigenvalue weighted by Gasteiger charge is -2.42. The van der Waals surface area contributed by atoms with Gasteiger partial charge in [-0.3, -0.25) is 14.4 Å². The summed E-state index contributed by atoms with van der Waals surface area (Å²) in [6.45, 7) is 1.23. The maximum atomic E-state index is 13.1. The summed E-state index contributed by atoms with van der Waals surface area (Å²) in [7, 11) is 1.92. The van der Waals surface area contributed by atoms with E-state index in [0.717, 1.165) is 31.5 Å². The van der Waals surface area contributed by atoms with Crippen molar-refractivity contribution in [1.29, 1.82) is 0 Å². The lowest BCUT2D eigenvalue weighted by atomic mass is 9.86. The second kappa shape index (κ2) is 6.20. The quantitative estimate of drug-likeness (QED) is 0.839. The molecule has 7 nitrogen and oxygen atoms in total. The van der Waals surface area contributed by atoms with E-state index in [1.54, 1.807) is 6.20 Å². The molecule has 0 bridgehead atoms. The highest BCUT2D eigenvalue weighted by Gasteiger charge is 2.49. The lowest BCUT2D eigenvalue weighted by Crippen LogP contribution is -2.51. The fourth-order valence-corrected chi connectivity index (χ4v) is 3.88. The first-order valence-corrected chi connectivity index (χ1v) is 8.89. The number of nitrogens with zero attached hydrogens (tertiary/aromatic N) is 4. The Morgan fingerprint density at radius 2 is 2.12 bits per heavy atom. The van der Waals surface area contributed by atoms with Crippen LogP contribution >= 0.6 is 0 Å². The van der Waals surface area contributed by atoms with Gasteiger partial charge in [-0.25, -0.2) is 10.0 Å². The zero-order chi connectivity index (χ0) is 16.7. The van der Waals surface area contributed by atoms with Crippen LogP contribution in [0.1, 0.15) is 50.4 Å². The van der Waals surface area contributed by atoms with E-state index in [9.17, 15) is 9.59 Å². The van der Waals surface area contributed by atoms with Crippen molar-refractivity contribution in [1.82, 2.24) is 19.5 Å². The van der Waals surface area contributed by atoms with Crippen LogP contribution in [-0.2, 0) is 21.5 Å². The average molecular weight is 332 g/mol. The van der Waals surface area contributed by atoms with Crippen molar-refractivity contribution in [2.24, 2.45) is 13.0 Å². The fraction of sp³-hybridized carbons (Fsp3) is 0.706. The molecule has 0 spiro atoms. The first kappa shape index (κ1) is 15.6. The van der Waals surface area contributed by atoms with Gasteiger partial charge >= 0.3 is 0 Å². The number of carbonyl (C=O) groups is 2. The van der Waals surface area contributed by atoms with Gasteiger partial charge in [-0.2, -0.15) is 0 Å². The highest BCUT2D eigenvalue weighted by molar-refractivity contribution is 5.84. The van der Waals surface area contributed by atoms with Crippen molar-refractivity contribution in [2.45, 2.75) is 50.6 Å². The van der Waals surface area contributed by atoms with E-state index in [-0.39, 0.29) is 29.8 Å². The average Bonchev–Trinajstić information content (AvgIpc) is 3.35. The Morgan fingerprint density at radius 1 is 1.29 bits per heavy atom. The van der Waals surface area contributed by atoms with E-state index >= 15 is 0 Å². The molecule has 1 aromatic heterocycles. The molecule has 130 valence electrons. The van der Waals surface area contributed by atoms with Gasteiger partial charge in [0.25, 0.3) is 5.91 Å². The van der Waals surface area contributed by atoms with Crippen molar-refractivity contribution < 1.29 is 14.4 Å². The third-order valence-electron chi connectivity index (χ3n) is 5.27. The Kier molecular flexibility index (Phi) is 4.04. The number of likely N-dealkylation sites (tertiary alicyclic amines) is 1. The number of hydroxylamine groups is 2. The van der Waals surface area contributed by atoms with E-state index in [4.69, 9.17) is 4.84 Å². The molecule has 24 heavy (non-hydrogen) atoms. The van der Waals surface area contributed by atoms with Crippen LogP contribution in [0.3, 0.4) is 0 Å². The van der Waals surface area contributed by atoms with Gasteiger partial charge in [0.2, 0.25) is 5.91 Å². The molecule has 1 saturated carbocycles. The predicted octanol–water partition coefficient (Wildman–Crippen LogP) is 1.42. The summed E-state index contributed by atoms with van der Waals surface area (Å²) < 4.78 is 1.93. The Hall–Kier alpha value is -1.89. The van der Waals surface area contributed by atoms with Crippen LogP contribution < -0.4 is 0 Å². The number of hydrogen-bond acceptors (Lipinski definition) is 4. The van der Waals surface area contributed by atoms with Crippen molar-refractivity contribution in [2.75, 3.05) is 13.2 Å². The highest BCUT2D eigenvalue weighted by Crippen LogP contribution is 2.43. The molecule has 1 aromatic rings. The van der Waals surface area contributed by atoms with Gasteiger partial charge < -0.3 is 9.47 Å². The van der Waals surface area contributed by atoms with Gasteiger partial charge in [-0.15, -0.1) is 0 Å². The molecule has 2 aliphatic heterocycles. The third-order valence-corrected chi connectivity index (χ3v) is 5.27. The van der Waals surface area contributed by atoms with Crippen molar-refractivity contribution >= 4 is 11.8 Å². The van der Waals surface area contributed by atoms with E-state index in [0.29, 0.717) is 26.0 Å². The summed E-state index contributed by atoms with van der Waals surface area (Å²) >= 11 is 0. The number of carbonyl (C=O) groups excluding carboxylic acids is 2. The molecule has 2 saturated heterocycles. The molecule has 3 heterocycles. The summed E-state index contributed by atoms with van der Waals surface area (Å²) in [4.78, 5) is 37.6. The molecule has 0 aromatic carbocycles. The van der Waals surface area contributed by atoms with E-state index < -0.39 is 0 Å². The topological polar surface area (TPSA) is 67.7 Å². The SMILES string of the molecule is Cn1ccnc1[C@@H]1[C@@H](C(=O)N2CCCCO2)CCC(=O)N1C1CC1. The second-order valence-electron chi connectivity index (χ2n) is 7.00. The highest BCUT2D eigenvalue weighted by atomic mass is 16.7. The van der Waals surface area contributed by atoms with Crippen LogP contribution in [0.5, 0.6) is 0 Å². The van der Waals surface area contributed by atoms with Crippen LogP contribution in [0.2, 0.25) is 0 Å². The first-order valence-electron chi connectivity index (χ1n) is 8.89. The van der Waals surface area contributed by atoms with Gasteiger partial charge in [-0.05, 0) is 32.1 Å². The Labute approximate surface area is 141 Å². The maximum absolute atomic E-state index is 13.1. The zero-order valence-electron chi connectivity index (χ0n) is 14.1. The number of imidazole rings is 1. The number of amides is 2. The molecule has 3 aliphatic rings. The van der Waals surface area contributed by atoms with Crippen molar-refractivity contribution in [3.8, 4) is 0 Å². The summed E-state index contributed by atoms with van der Waals surface area (Å²) in [5.41, 5.74) is 0. The van der Waals surface area contributed by atoms with Gasteiger partial charge in [0, 0.05) is 38.4 Å². The van der Waals surface area contributed by atoms with Crippen LogP contribution in [-0.4, -0.2) is 50.5 Å². The minimum absolute atomic E-state index is 0.000787. The minimum atomic E-state index is -0.281. The van der Waals surface area contributed by atoms with Crippen molar-refractivity contribution in [3.63, 3.8) is 0 Å².